The summed E-state index contributed by atoms with van der Waals surface area (Å²) < 4.78 is 43.7. The lowest BCUT2D eigenvalue weighted by Gasteiger charge is -2.33. The predicted molar refractivity (Wildman–Crippen MR) is 117 cm³/mol. The number of nitrogens with one attached hydrogen (secondary N) is 1. The van der Waals surface area contributed by atoms with Crippen molar-refractivity contribution in [3.05, 3.63) is 59.9 Å². The van der Waals surface area contributed by atoms with Crippen molar-refractivity contribution in [1.82, 2.24) is 10.2 Å². The molecule has 0 saturated carbocycles. The van der Waals surface area contributed by atoms with Crippen LogP contribution in [0.3, 0.4) is 0 Å². The van der Waals surface area contributed by atoms with Gasteiger partial charge < -0.3 is 15.0 Å². The van der Waals surface area contributed by atoms with E-state index >= 15 is 0 Å². The molecule has 2 amide bonds. The van der Waals surface area contributed by atoms with E-state index in [1.165, 1.54) is 6.92 Å². The summed E-state index contributed by atoms with van der Waals surface area (Å²) in [6, 6.07) is 11.6. The minimum Gasteiger partial charge on any atom is -0.496 e. The van der Waals surface area contributed by atoms with Crippen LogP contribution < -0.4 is 10.1 Å². The zero-order valence-corrected chi connectivity index (χ0v) is 18.9. The summed E-state index contributed by atoms with van der Waals surface area (Å²) in [5.41, 5.74) is 0.815. The fourth-order valence-corrected chi connectivity index (χ4v) is 4.96. The van der Waals surface area contributed by atoms with Crippen molar-refractivity contribution >= 4 is 21.7 Å². The van der Waals surface area contributed by atoms with E-state index in [1.54, 1.807) is 12.0 Å². The molecule has 1 atom stereocenters. The molecule has 2 aromatic carbocycles. The number of ether oxygens (including phenoxy) is 1. The van der Waals surface area contributed by atoms with E-state index in [0.29, 0.717) is 31.7 Å². The van der Waals surface area contributed by atoms with Crippen LogP contribution in [0.2, 0.25) is 0 Å². The molecule has 3 rings (SSSR count). The number of nitrogens with zero attached hydrogens (tertiary/aromatic N) is 1. The second-order valence-corrected chi connectivity index (χ2v) is 10.1. The number of rotatable bonds is 7. The van der Waals surface area contributed by atoms with Crippen LogP contribution >= 0.6 is 0 Å². The molecular weight excluding hydrogens is 435 g/mol. The van der Waals surface area contributed by atoms with Gasteiger partial charge >= 0.3 is 0 Å². The summed E-state index contributed by atoms with van der Waals surface area (Å²) in [5, 5.41) is 1.48. The van der Waals surface area contributed by atoms with Crippen molar-refractivity contribution in [2.45, 2.75) is 42.4 Å². The molecule has 1 fully saturated rings. The van der Waals surface area contributed by atoms with Gasteiger partial charge in [-0.15, -0.1) is 0 Å². The molecule has 9 heteroatoms. The van der Waals surface area contributed by atoms with E-state index in [-0.39, 0.29) is 23.3 Å². The zero-order chi connectivity index (χ0) is 23.3. The Morgan fingerprint density at radius 3 is 2.38 bits per heavy atom. The van der Waals surface area contributed by atoms with Crippen molar-refractivity contribution < 1.29 is 27.1 Å². The van der Waals surface area contributed by atoms with Gasteiger partial charge in [0.1, 0.15) is 16.8 Å². The Balaban J connectivity index is 1.53. The Morgan fingerprint density at radius 2 is 1.75 bits per heavy atom. The van der Waals surface area contributed by atoms with Crippen molar-refractivity contribution in [2.24, 2.45) is 0 Å². The first-order chi connectivity index (χ1) is 15.2. The summed E-state index contributed by atoms with van der Waals surface area (Å²) in [6.07, 6.45) is 1.30. The third-order valence-corrected chi connectivity index (χ3v) is 7.78. The van der Waals surface area contributed by atoms with E-state index in [1.807, 2.05) is 24.3 Å². The number of sulfone groups is 1. The minimum atomic E-state index is -3.93. The highest BCUT2D eigenvalue weighted by molar-refractivity contribution is 7.92. The van der Waals surface area contributed by atoms with Crippen LogP contribution in [0.25, 0.3) is 0 Å². The maximum Gasteiger partial charge on any atom is 0.238 e. The Bertz CT molecular complexity index is 1060. The van der Waals surface area contributed by atoms with Gasteiger partial charge in [0.15, 0.2) is 9.84 Å². The van der Waals surface area contributed by atoms with Crippen molar-refractivity contribution in [2.75, 3.05) is 20.2 Å². The number of halogens is 1. The first-order valence-corrected chi connectivity index (χ1v) is 12.0. The van der Waals surface area contributed by atoms with Crippen molar-refractivity contribution in [3.8, 4) is 5.75 Å². The SMILES string of the molecule is COc1ccccc1CC(=O)N1CCC(NC(=O)C(C)S(=O)(=O)c2ccc(F)cc2)CC1. The number of amides is 2. The molecule has 1 heterocycles. The van der Waals surface area contributed by atoms with Gasteiger partial charge in [0.2, 0.25) is 11.8 Å². The van der Waals surface area contributed by atoms with Gasteiger partial charge in [-0.3, -0.25) is 9.59 Å². The number of carbonyl (C=O) groups excluding carboxylic acids is 2. The molecule has 0 aliphatic carbocycles. The van der Waals surface area contributed by atoms with E-state index in [9.17, 15) is 22.4 Å². The number of hydrogen-bond acceptors (Lipinski definition) is 5. The van der Waals surface area contributed by atoms with E-state index in [4.69, 9.17) is 4.74 Å². The summed E-state index contributed by atoms with van der Waals surface area (Å²) in [6.45, 7) is 2.26. The van der Waals surface area contributed by atoms with Crippen LogP contribution in [-0.2, 0) is 25.8 Å². The van der Waals surface area contributed by atoms with Gasteiger partial charge in [-0.05, 0) is 50.1 Å². The molecule has 0 aromatic heterocycles. The second kappa shape index (κ2) is 10.1. The molecule has 1 unspecified atom stereocenters. The summed E-state index contributed by atoms with van der Waals surface area (Å²) in [7, 11) is -2.36. The number of methoxy groups -OCH3 is 1. The highest BCUT2D eigenvalue weighted by atomic mass is 32.2. The van der Waals surface area contributed by atoms with Crippen LogP contribution in [0, 0.1) is 5.82 Å². The number of likely N-dealkylation sites (tertiary alicyclic amines) is 1. The Labute approximate surface area is 187 Å². The van der Waals surface area contributed by atoms with Crippen LogP contribution in [0.15, 0.2) is 53.4 Å². The van der Waals surface area contributed by atoms with Crippen molar-refractivity contribution in [3.63, 3.8) is 0 Å². The maximum atomic E-state index is 13.1. The van der Waals surface area contributed by atoms with Gasteiger partial charge in [0, 0.05) is 24.7 Å². The lowest BCUT2D eigenvalue weighted by Crippen LogP contribution is -2.49. The van der Waals surface area contributed by atoms with Gasteiger partial charge in [0.05, 0.1) is 18.4 Å². The van der Waals surface area contributed by atoms with Gasteiger partial charge in [0.25, 0.3) is 0 Å². The van der Waals surface area contributed by atoms with Crippen molar-refractivity contribution in [1.29, 1.82) is 0 Å². The third-order valence-electron chi connectivity index (χ3n) is 5.71. The van der Waals surface area contributed by atoms with E-state index in [2.05, 4.69) is 5.32 Å². The molecule has 32 heavy (non-hydrogen) atoms. The van der Waals surface area contributed by atoms with Crippen LogP contribution in [0.5, 0.6) is 5.75 Å². The molecule has 1 aliphatic rings. The minimum absolute atomic E-state index is 0.0217. The second-order valence-electron chi connectivity index (χ2n) is 7.79. The molecule has 1 N–H and O–H groups in total. The fourth-order valence-electron chi connectivity index (χ4n) is 3.68. The molecule has 2 aromatic rings. The molecule has 0 bridgehead atoms. The zero-order valence-electron chi connectivity index (χ0n) is 18.1. The fraction of sp³-hybridized carbons (Fsp3) is 0.391. The molecule has 172 valence electrons. The van der Waals surface area contributed by atoms with E-state index < -0.39 is 26.8 Å². The summed E-state index contributed by atoms with van der Waals surface area (Å²) in [4.78, 5) is 26.9. The summed E-state index contributed by atoms with van der Waals surface area (Å²) in [5.74, 6) is -0.507. The number of carbonyl (C=O) groups is 2. The smallest absolute Gasteiger partial charge is 0.238 e. The Hall–Kier alpha value is -2.94. The number of para-hydroxylation sites is 1. The molecule has 0 spiro atoms. The normalized spacial score (nSPS) is 15.8. The molecule has 1 aliphatic heterocycles. The Morgan fingerprint density at radius 1 is 1.12 bits per heavy atom. The monoisotopic (exact) mass is 462 g/mol. The average molecular weight is 463 g/mol. The first kappa shape index (κ1) is 23.7. The standard InChI is InChI=1S/C23H27FN2O5S/c1-16(32(29,30)20-9-7-18(24)8-10-20)23(28)25-19-11-13-26(14-12-19)22(27)15-17-5-3-4-6-21(17)31-2/h3-10,16,19H,11-15H2,1-2H3,(H,25,28). The lowest BCUT2D eigenvalue weighted by molar-refractivity contribution is -0.131. The highest BCUT2D eigenvalue weighted by Gasteiger charge is 2.32. The first-order valence-electron chi connectivity index (χ1n) is 10.4. The van der Waals surface area contributed by atoms with Crippen LogP contribution in [-0.4, -0.2) is 56.6 Å². The number of piperidine rings is 1. The lowest BCUT2D eigenvalue weighted by atomic mass is 10.0. The Kier molecular flexibility index (Phi) is 7.50. The third kappa shape index (κ3) is 5.45. The van der Waals surface area contributed by atoms with Crippen LogP contribution in [0.1, 0.15) is 25.3 Å². The predicted octanol–water partition coefficient (Wildman–Crippen LogP) is 2.35. The van der Waals surface area contributed by atoms with Gasteiger partial charge in [-0.25, -0.2) is 12.8 Å². The topological polar surface area (TPSA) is 92.8 Å². The molecule has 7 nitrogen and oxygen atoms in total. The molecule has 1 saturated heterocycles. The van der Waals surface area contributed by atoms with Crippen LogP contribution in [0.4, 0.5) is 4.39 Å². The average Bonchev–Trinajstić information content (AvgIpc) is 2.79. The van der Waals surface area contributed by atoms with E-state index in [0.717, 1.165) is 29.8 Å². The summed E-state index contributed by atoms with van der Waals surface area (Å²) >= 11 is 0. The maximum absolute atomic E-state index is 13.1. The largest absolute Gasteiger partial charge is 0.496 e. The van der Waals surface area contributed by atoms with Gasteiger partial charge in [-0.2, -0.15) is 0 Å². The molecular formula is C23H27FN2O5S. The van der Waals surface area contributed by atoms with Gasteiger partial charge in [-0.1, -0.05) is 18.2 Å². The number of benzene rings is 2. The number of hydrogen-bond donors (Lipinski definition) is 1. The highest BCUT2D eigenvalue weighted by Crippen LogP contribution is 2.21. The molecule has 0 radical (unpaired) electrons. The quantitative estimate of drug-likeness (QED) is 0.638.